The van der Waals surface area contributed by atoms with Gasteiger partial charge in [-0.05, 0) is 47.1 Å². The van der Waals surface area contributed by atoms with Crippen LogP contribution in [-0.2, 0) is 29.8 Å². The molecule has 1 N–H and O–H groups in total. The molecule has 1 amide bonds. The maximum absolute atomic E-state index is 12.6. The van der Waals surface area contributed by atoms with Gasteiger partial charge in [-0.1, -0.05) is 51.1 Å². The summed E-state index contributed by atoms with van der Waals surface area (Å²) in [5, 5.41) is 2.90. The number of nitrogens with zero attached hydrogens (tertiary/aromatic N) is 2. The van der Waals surface area contributed by atoms with E-state index in [0.29, 0.717) is 32.1 Å². The van der Waals surface area contributed by atoms with Crippen molar-refractivity contribution in [3.8, 4) is 11.5 Å². The van der Waals surface area contributed by atoms with Crippen molar-refractivity contribution >= 4 is 5.91 Å². The van der Waals surface area contributed by atoms with Crippen molar-refractivity contribution < 1.29 is 23.4 Å². The highest BCUT2D eigenvalue weighted by Crippen LogP contribution is 2.33. The first-order chi connectivity index (χ1) is 17.8. The number of fused-ring (bicyclic) bond motifs is 1. The van der Waals surface area contributed by atoms with E-state index in [2.05, 4.69) is 60.2 Å². The zero-order chi connectivity index (χ0) is 25.8. The Morgan fingerprint density at radius 1 is 1.03 bits per heavy atom. The van der Waals surface area contributed by atoms with Crippen molar-refractivity contribution in [2.24, 2.45) is 0 Å². The lowest BCUT2D eigenvalue weighted by Gasteiger charge is -2.23. The molecule has 1 atom stereocenters. The smallest absolute Gasteiger partial charge is 0.273 e. The van der Waals surface area contributed by atoms with Gasteiger partial charge in [0.15, 0.2) is 17.2 Å². The minimum absolute atomic E-state index is 0.0807. The molecule has 8 heteroatoms. The second-order valence-corrected chi connectivity index (χ2v) is 10.8. The largest absolute Gasteiger partial charge is 0.454 e. The molecule has 37 heavy (non-hydrogen) atoms. The van der Waals surface area contributed by atoms with E-state index in [4.69, 9.17) is 18.6 Å². The molecule has 1 saturated heterocycles. The molecule has 1 aromatic heterocycles. The molecule has 0 bridgehead atoms. The number of amides is 1. The van der Waals surface area contributed by atoms with Crippen LogP contribution in [0.2, 0.25) is 0 Å². The molecular formula is C29H35N3O5. The van der Waals surface area contributed by atoms with Gasteiger partial charge in [0.1, 0.15) is 6.26 Å². The fourth-order valence-corrected chi connectivity index (χ4v) is 4.62. The van der Waals surface area contributed by atoms with Crippen LogP contribution in [0.4, 0.5) is 0 Å². The Bertz CT molecular complexity index is 1210. The summed E-state index contributed by atoms with van der Waals surface area (Å²) in [5.41, 5.74) is 3.96. The Morgan fingerprint density at radius 3 is 2.54 bits per heavy atom. The summed E-state index contributed by atoms with van der Waals surface area (Å²) in [4.78, 5) is 19.3. The van der Waals surface area contributed by atoms with Crippen LogP contribution in [0.3, 0.4) is 0 Å². The second kappa shape index (κ2) is 10.9. The van der Waals surface area contributed by atoms with Crippen LogP contribution in [0.5, 0.6) is 11.5 Å². The van der Waals surface area contributed by atoms with Gasteiger partial charge in [-0.25, -0.2) is 4.98 Å². The topological polar surface area (TPSA) is 86.1 Å². The maximum Gasteiger partial charge on any atom is 0.273 e. The zero-order valence-corrected chi connectivity index (χ0v) is 21.8. The average molecular weight is 506 g/mol. The third kappa shape index (κ3) is 6.50. The van der Waals surface area contributed by atoms with Crippen molar-refractivity contribution in [1.82, 2.24) is 15.2 Å². The maximum atomic E-state index is 12.6. The molecule has 0 saturated carbocycles. The second-order valence-electron chi connectivity index (χ2n) is 10.8. The number of ether oxygens (including phenoxy) is 3. The molecular weight excluding hydrogens is 470 g/mol. The summed E-state index contributed by atoms with van der Waals surface area (Å²) in [6, 6.07) is 14.7. The van der Waals surface area contributed by atoms with Crippen molar-refractivity contribution in [2.75, 3.05) is 19.9 Å². The molecule has 2 aliphatic heterocycles. The Morgan fingerprint density at radius 2 is 1.78 bits per heavy atom. The van der Waals surface area contributed by atoms with Crippen molar-refractivity contribution in [3.63, 3.8) is 0 Å². The van der Waals surface area contributed by atoms with Gasteiger partial charge in [-0.3, -0.25) is 9.69 Å². The van der Waals surface area contributed by atoms with Gasteiger partial charge in [-0.15, -0.1) is 0 Å². The zero-order valence-electron chi connectivity index (χ0n) is 21.8. The van der Waals surface area contributed by atoms with Crippen LogP contribution in [0, 0.1) is 0 Å². The Balaban J connectivity index is 1.28. The fourth-order valence-electron chi connectivity index (χ4n) is 4.62. The van der Waals surface area contributed by atoms with Crippen LogP contribution < -0.4 is 14.8 Å². The Labute approximate surface area is 217 Å². The van der Waals surface area contributed by atoms with E-state index in [-0.39, 0.29) is 29.9 Å². The minimum atomic E-state index is -0.245. The number of aromatic nitrogens is 1. The van der Waals surface area contributed by atoms with Gasteiger partial charge < -0.3 is 23.9 Å². The highest BCUT2D eigenvalue weighted by Gasteiger charge is 2.21. The van der Waals surface area contributed by atoms with Gasteiger partial charge in [0.25, 0.3) is 5.91 Å². The van der Waals surface area contributed by atoms with Crippen molar-refractivity contribution in [2.45, 2.75) is 64.8 Å². The lowest BCUT2D eigenvalue weighted by Crippen LogP contribution is -2.32. The van der Waals surface area contributed by atoms with Gasteiger partial charge in [0.05, 0.1) is 12.6 Å². The summed E-state index contributed by atoms with van der Waals surface area (Å²) in [5.74, 6) is 1.77. The van der Waals surface area contributed by atoms with Crippen LogP contribution in [0.25, 0.3) is 0 Å². The molecule has 3 aromatic rings. The van der Waals surface area contributed by atoms with Crippen LogP contribution in [-0.4, -0.2) is 41.8 Å². The van der Waals surface area contributed by atoms with Gasteiger partial charge in [0.2, 0.25) is 12.7 Å². The molecule has 0 aliphatic carbocycles. The number of carbonyl (C=O) groups excluding carboxylic acids is 1. The van der Waals surface area contributed by atoms with Crippen molar-refractivity contribution in [3.05, 3.63) is 77.0 Å². The number of rotatable bonds is 9. The van der Waals surface area contributed by atoms with E-state index in [1.807, 2.05) is 18.2 Å². The SMILES string of the molecule is CC(C)(C)c1ccc(CN(Cc2ccc3c(c2)OCO3)Cc2nc(C(=O)NC[C@H]3CCCO3)co2)cc1. The van der Waals surface area contributed by atoms with Gasteiger partial charge in [0, 0.05) is 26.2 Å². The number of hydrogen-bond donors (Lipinski definition) is 1. The molecule has 8 nitrogen and oxygen atoms in total. The standard InChI is InChI=1S/C29H35N3O5/c1-29(2,3)22-9-6-20(7-10-22)15-32(16-21-8-11-25-26(13-21)37-19-36-25)17-27-31-24(18-35-27)28(33)30-14-23-5-4-12-34-23/h6-11,13,18,23H,4-5,12,14-17,19H2,1-3H3,(H,30,33)/t23-/m1/s1. The summed E-state index contributed by atoms with van der Waals surface area (Å²) in [6.45, 7) is 9.93. The predicted molar refractivity (Wildman–Crippen MR) is 138 cm³/mol. The molecule has 196 valence electrons. The fraction of sp³-hybridized carbons (Fsp3) is 0.448. The molecule has 1 fully saturated rings. The summed E-state index contributed by atoms with van der Waals surface area (Å²) in [7, 11) is 0. The van der Waals surface area contributed by atoms with E-state index in [0.717, 1.165) is 36.5 Å². The average Bonchev–Trinajstić information content (AvgIpc) is 3.64. The van der Waals surface area contributed by atoms with E-state index in [1.165, 1.54) is 17.4 Å². The Hall–Kier alpha value is -3.36. The molecule has 2 aromatic carbocycles. The summed E-state index contributed by atoms with van der Waals surface area (Å²) >= 11 is 0. The summed E-state index contributed by atoms with van der Waals surface area (Å²) in [6.07, 6.45) is 3.51. The first kappa shape index (κ1) is 25.3. The molecule has 0 unspecified atom stereocenters. The number of carbonyl (C=O) groups is 1. The predicted octanol–water partition coefficient (Wildman–Crippen LogP) is 4.81. The van der Waals surface area contributed by atoms with Crippen LogP contribution in [0.1, 0.15) is 66.7 Å². The molecule has 3 heterocycles. The number of benzene rings is 2. The van der Waals surface area contributed by atoms with Crippen LogP contribution in [0.15, 0.2) is 53.1 Å². The Kier molecular flexibility index (Phi) is 7.48. The van der Waals surface area contributed by atoms with Gasteiger partial charge in [-0.2, -0.15) is 0 Å². The highest BCUT2D eigenvalue weighted by atomic mass is 16.7. The highest BCUT2D eigenvalue weighted by molar-refractivity contribution is 5.91. The molecule has 2 aliphatic rings. The number of oxazole rings is 1. The lowest BCUT2D eigenvalue weighted by atomic mass is 9.87. The normalized spacial score (nSPS) is 16.9. The first-order valence-corrected chi connectivity index (χ1v) is 12.9. The van der Waals surface area contributed by atoms with E-state index in [9.17, 15) is 4.79 Å². The van der Waals surface area contributed by atoms with Crippen LogP contribution >= 0.6 is 0 Å². The number of hydrogen-bond acceptors (Lipinski definition) is 7. The molecule has 0 spiro atoms. The monoisotopic (exact) mass is 505 g/mol. The molecule has 0 radical (unpaired) electrons. The van der Waals surface area contributed by atoms with E-state index < -0.39 is 0 Å². The minimum Gasteiger partial charge on any atom is -0.454 e. The quantitative estimate of drug-likeness (QED) is 0.447. The summed E-state index contributed by atoms with van der Waals surface area (Å²) < 4.78 is 22.3. The molecule has 5 rings (SSSR count). The van der Waals surface area contributed by atoms with E-state index in [1.54, 1.807) is 0 Å². The van der Waals surface area contributed by atoms with Gasteiger partial charge >= 0.3 is 0 Å². The third-order valence-corrected chi connectivity index (χ3v) is 6.73. The number of nitrogens with one attached hydrogen (secondary N) is 1. The lowest BCUT2D eigenvalue weighted by molar-refractivity contribution is 0.0853. The van der Waals surface area contributed by atoms with E-state index >= 15 is 0 Å². The van der Waals surface area contributed by atoms with Crippen molar-refractivity contribution in [1.29, 1.82) is 0 Å². The third-order valence-electron chi connectivity index (χ3n) is 6.73. The first-order valence-electron chi connectivity index (χ1n) is 12.9.